The Labute approximate surface area is 532 Å². The quantitative estimate of drug-likeness (QED) is 0.142. The third-order valence-corrected chi connectivity index (χ3v) is 23.6. The summed E-state index contributed by atoms with van der Waals surface area (Å²) in [5.74, 6) is -3.67. The molecular weight excluding hydrogens is 1070 g/mol. The molecule has 0 spiro atoms. The summed E-state index contributed by atoms with van der Waals surface area (Å²) in [6.45, 7) is 0. The van der Waals surface area contributed by atoms with E-state index in [2.05, 4.69) is 0 Å². The van der Waals surface area contributed by atoms with Crippen LogP contribution in [0.1, 0.15) is 53.5 Å². The number of aromatic nitrogens is 6. The van der Waals surface area contributed by atoms with Gasteiger partial charge >= 0.3 is 473 Å². The van der Waals surface area contributed by atoms with Gasteiger partial charge in [0.15, 0.2) is 0 Å². The summed E-state index contributed by atoms with van der Waals surface area (Å²) in [5.41, 5.74) is -7.76. The summed E-state index contributed by atoms with van der Waals surface area (Å²) in [7, 11) is 0. The molecule has 386 valence electrons. The molecule has 0 amide bonds. The van der Waals surface area contributed by atoms with Gasteiger partial charge in [-0.2, -0.15) is 0 Å². The van der Waals surface area contributed by atoms with Gasteiger partial charge in [-0.25, -0.2) is 0 Å². The van der Waals surface area contributed by atoms with E-state index in [-0.39, 0.29) is 15.6 Å². The number of furan rings is 1. The molecular formula is C75H46GeN6O. The summed E-state index contributed by atoms with van der Waals surface area (Å²) < 4.78 is 380. The molecule has 7 nitrogen and oxygen atoms in total. The average molecular weight is 1160 g/mol. The van der Waals surface area contributed by atoms with Crippen LogP contribution in [-0.2, 0) is 0 Å². The van der Waals surface area contributed by atoms with Gasteiger partial charge in [0, 0.05) is 0 Å². The third-order valence-electron chi connectivity index (χ3n) is 14.8. The Morgan fingerprint density at radius 2 is 0.892 bits per heavy atom. The van der Waals surface area contributed by atoms with E-state index in [0.29, 0.717) is 15.3 Å². The van der Waals surface area contributed by atoms with Crippen LogP contribution in [-0.4, -0.2) is 41.8 Å². The molecule has 0 radical (unpaired) electrons. The molecule has 0 aliphatic carbocycles. The van der Waals surface area contributed by atoms with E-state index in [0.717, 1.165) is 8.97 Å². The Hall–Kier alpha value is -10.6. The van der Waals surface area contributed by atoms with E-state index in [1.54, 1.807) is 24.3 Å². The molecule has 0 aliphatic rings. The Morgan fingerprint density at radius 1 is 0.361 bits per heavy atom. The predicted octanol–water partition coefficient (Wildman–Crippen LogP) is 15.8. The summed E-state index contributed by atoms with van der Waals surface area (Å²) >= 11 is -7.19. The Morgan fingerprint density at radius 3 is 1.60 bits per heavy atom. The molecule has 0 saturated heterocycles. The van der Waals surface area contributed by atoms with E-state index < -0.39 is 378 Å². The van der Waals surface area contributed by atoms with Crippen LogP contribution in [0.2, 0.25) is 0 Å². The summed E-state index contributed by atoms with van der Waals surface area (Å²) in [6, 6.07) is -31.0. The second kappa shape index (κ2) is 17.7. The van der Waals surface area contributed by atoms with E-state index in [1.807, 2.05) is 0 Å². The number of rotatable bonds is 8. The number of nitrogens with zero attached hydrogens (tertiary/aromatic N) is 6. The molecule has 0 aliphatic heterocycles. The van der Waals surface area contributed by atoms with Gasteiger partial charge in [-0.15, -0.1) is 0 Å². The van der Waals surface area contributed by atoms with Crippen LogP contribution in [0.25, 0.3) is 138 Å². The van der Waals surface area contributed by atoms with Gasteiger partial charge in [-0.3, -0.25) is 0 Å². The summed E-state index contributed by atoms with van der Waals surface area (Å²) in [6.07, 6.45) is 0. The minimum atomic E-state index is -7.19. The van der Waals surface area contributed by atoms with Crippen LogP contribution < -0.4 is 17.6 Å². The molecule has 18 aromatic rings. The van der Waals surface area contributed by atoms with E-state index in [1.165, 1.54) is 18.2 Å². The monoisotopic (exact) mass is 1160 g/mol. The molecule has 18 rings (SSSR count). The fourth-order valence-electron chi connectivity index (χ4n) is 11.5. The van der Waals surface area contributed by atoms with Crippen LogP contribution in [0, 0.1) is 0 Å². The molecule has 0 N–H and O–H groups in total. The molecule has 8 heteroatoms. The number of para-hydroxylation sites is 7. The van der Waals surface area contributed by atoms with E-state index in [4.69, 9.17) is 31.7 Å². The van der Waals surface area contributed by atoms with Crippen molar-refractivity contribution >= 4 is 134 Å². The van der Waals surface area contributed by atoms with Crippen LogP contribution in [0.5, 0.6) is 0 Å². The molecule has 0 unspecified atom stereocenters. The van der Waals surface area contributed by atoms with Crippen molar-refractivity contribution in [3.05, 3.63) is 278 Å². The first-order valence-electron chi connectivity index (χ1n) is 44.6. The third kappa shape index (κ3) is 6.53. The predicted molar refractivity (Wildman–Crippen MR) is 345 cm³/mol. The van der Waals surface area contributed by atoms with Crippen LogP contribution in [0.4, 0.5) is 0 Å². The van der Waals surface area contributed by atoms with Gasteiger partial charge in [0.25, 0.3) is 0 Å². The van der Waals surface area contributed by atoms with Crippen molar-refractivity contribution in [1.82, 2.24) is 28.5 Å². The van der Waals surface area contributed by atoms with Crippen molar-refractivity contribution in [2.24, 2.45) is 0 Å². The number of hydrogen-bond donors (Lipinski definition) is 0. The van der Waals surface area contributed by atoms with Gasteiger partial charge in [0.05, 0.1) is 17.8 Å². The Balaban J connectivity index is 1.13. The first-order chi connectivity index (χ1) is 57.4. The second-order valence-corrected chi connectivity index (χ2v) is 26.4. The van der Waals surface area contributed by atoms with Gasteiger partial charge in [0.1, 0.15) is 0 Å². The molecule has 0 fully saturated rings. The summed E-state index contributed by atoms with van der Waals surface area (Å²) in [5, 5.41) is -3.87. The molecule has 0 saturated carbocycles. The zero-order chi connectivity index (χ0) is 88.3. The zero-order valence-electron chi connectivity index (χ0n) is 80.6. The maximum absolute atomic E-state index is 11.2. The van der Waals surface area contributed by atoms with E-state index >= 15 is 0 Å². The van der Waals surface area contributed by atoms with Crippen molar-refractivity contribution in [2.75, 3.05) is 0 Å². The van der Waals surface area contributed by atoms with Crippen molar-refractivity contribution in [1.29, 1.82) is 0 Å². The molecule has 12 aromatic carbocycles. The zero-order valence-corrected chi connectivity index (χ0v) is 43.7. The number of fused-ring (bicyclic) bond motifs is 16. The van der Waals surface area contributed by atoms with Crippen molar-refractivity contribution < 1.29 is 57.9 Å². The summed E-state index contributed by atoms with van der Waals surface area (Å²) in [4.78, 5) is 14.6. The van der Waals surface area contributed by atoms with Crippen LogP contribution in [0.15, 0.2) is 283 Å². The fourth-order valence-corrected chi connectivity index (χ4v) is 19.6. The van der Waals surface area contributed by atoms with Gasteiger partial charge in [-0.1, -0.05) is 36.3 Å². The SMILES string of the molecule is [2H]c1c([2H])c([2H])[c]([Ge]([c]2ccc3c(c2)oc2ccccc23)([c]2c([2H])c([2H])c([2H])c([2H])c2[2H])[c]2c([2H])c([2H])c([2H])c(-c3nc(-c4c([2H])c([2H])c([2H])c([2H])c4-n4c5c([2H])c([2H])c([2H])c([2H])c5c5c([2H])c([2H])c([2H])c([2H])c54)nc(-n4c5c([2H])c([2H])c([2H])c([2H])c5c5c([2H])c6c7c([2H])c([2H])c([2H])c([2H])c7n7c8c([2H])c([2H])c([2H])c([2H])c8c(c54)c67)n3)c2[2H])c([2H])c1[2H]. The number of hydrogen-bond acceptors (Lipinski definition) is 4. The van der Waals surface area contributed by atoms with Crippen molar-refractivity contribution in [2.45, 2.75) is 0 Å². The topological polar surface area (TPSA) is 66.1 Å². The molecule has 0 bridgehead atoms. The molecule has 6 heterocycles. The van der Waals surface area contributed by atoms with Gasteiger partial charge in [-0.05, 0) is 6.04 Å². The average Bonchev–Trinajstić information content (AvgIpc) is 1.47. The van der Waals surface area contributed by atoms with Crippen LogP contribution in [0.3, 0.4) is 0 Å². The standard InChI is InChI=1S/C75H46GeN6O/c1-3-23-48(24-4-1)76(49-25-5-2-6-26-49,51-42-43-57-56-32-13-20-41-68(56)83-69(57)45-51)50-27-21-22-47(44-50)73-77-74(59-34-12-19-40-67(59)80-62-35-14-7-28-52(62)53-29-8-15-36-63(53)80)79-75(78-73)82-65-38-17-10-31-55(65)61-46-60-54-30-9-16-37-64(54)81-66-39-18-11-33-58(66)70(71(60)81)72(61)82/h1-46H/i1D,2D,3D,4D,5D,6D,7D,8D,9D,10D,11D,12D,14D,15D,16D,17D,18D,19D,21D,22D,23D,24D,25D,26D,27D,28D,29D,30D,31D,33D,34D,35D,36D,37D,38D,39D,40D,44D,46D. The Bertz CT molecular complexity index is 7890. The van der Waals surface area contributed by atoms with Crippen molar-refractivity contribution in [3.63, 3.8) is 0 Å². The maximum atomic E-state index is 11.2. The first-order valence-corrected chi connectivity index (χ1v) is 29.3. The van der Waals surface area contributed by atoms with Crippen molar-refractivity contribution in [3.8, 4) is 34.4 Å². The molecule has 0 atom stereocenters. The van der Waals surface area contributed by atoms with E-state index in [9.17, 15) is 41.1 Å². The second-order valence-electron chi connectivity index (χ2n) is 18.9. The van der Waals surface area contributed by atoms with Gasteiger partial charge in [0.2, 0.25) is 0 Å². The van der Waals surface area contributed by atoms with Gasteiger partial charge < -0.3 is 0 Å². The molecule has 6 aromatic heterocycles. The first kappa shape index (κ1) is 22.4. The normalized spacial score (nSPS) is 18.9. The number of benzene rings is 12. The fraction of sp³-hybridized carbons (Fsp3) is 0. The van der Waals surface area contributed by atoms with Crippen LogP contribution >= 0.6 is 0 Å². The Kier molecular flexibility index (Phi) is 4.77. The minimum absolute atomic E-state index is 0.0917. The molecule has 83 heavy (non-hydrogen) atoms.